The Hall–Kier alpha value is -0.950. The summed E-state index contributed by atoms with van der Waals surface area (Å²) < 4.78 is 26.4. The van der Waals surface area contributed by atoms with Gasteiger partial charge in [0.2, 0.25) is 0 Å². The summed E-state index contributed by atoms with van der Waals surface area (Å²) in [4.78, 5) is 42.8. The molecule has 0 rings (SSSR count). The molecule has 0 heterocycles. The Labute approximate surface area is 302 Å². The molecule has 1 unspecified atom stereocenters. The molecule has 8 nitrogen and oxygen atoms in total. The van der Waals surface area contributed by atoms with Crippen LogP contribution in [0.2, 0.25) is 0 Å². The van der Waals surface area contributed by atoms with Gasteiger partial charge in [0.05, 0.1) is 6.61 Å². The molecule has 0 fully saturated rings. The number of hydrogen-bond acceptors (Lipinski definition) is 6. The summed E-state index contributed by atoms with van der Waals surface area (Å²) in [6.07, 6.45) is 35.5. The van der Waals surface area contributed by atoms with E-state index < -0.39 is 32.5 Å². The third-order valence-corrected chi connectivity index (χ3v) is 10.2. The lowest BCUT2D eigenvalue weighted by Crippen LogP contribution is -2.29. The molecular weight excluding hydrogens is 639 g/mol. The first-order chi connectivity index (χ1) is 23.7. The topological polar surface area (TPSA) is 119 Å². The molecule has 0 radical (unpaired) electrons. The number of phosphoric acid groups is 1. The molecule has 0 aromatic rings. The maximum Gasteiger partial charge on any atom is 0.469 e. The van der Waals surface area contributed by atoms with Gasteiger partial charge >= 0.3 is 19.8 Å². The number of rotatable bonds is 38. The molecule has 0 aliphatic rings. The van der Waals surface area contributed by atoms with Crippen molar-refractivity contribution in [2.45, 2.75) is 226 Å². The molecule has 0 bridgehead atoms. The predicted molar refractivity (Wildman–Crippen MR) is 202 cm³/mol. The van der Waals surface area contributed by atoms with E-state index in [2.05, 4.69) is 25.3 Å². The first-order valence-corrected chi connectivity index (χ1v) is 22.3. The lowest BCUT2D eigenvalue weighted by molar-refractivity contribution is -0.161. The number of carbonyl (C=O) groups excluding carboxylic acids is 2. The van der Waals surface area contributed by atoms with Crippen molar-refractivity contribution in [2.75, 3.05) is 13.2 Å². The van der Waals surface area contributed by atoms with Crippen LogP contribution < -0.4 is 0 Å². The van der Waals surface area contributed by atoms with Gasteiger partial charge in [-0.05, 0) is 18.8 Å². The van der Waals surface area contributed by atoms with Gasteiger partial charge in [-0.15, -0.1) is 0 Å². The van der Waals surface area contributed by atoms with E-state index in [9.17, 15) is 14.2 Å². The van der Waals surface area contributed by atoms with Crippen molar-refractivity contribution in [2.24, 2.45) is 5.92 Å². The summed E-state index contributed by atoms with van der Waals surface area (Å²) in [6.45, 7) is 6.03. The van der Waals surface area contributed by atoms with Gasteiger partial charge in [0.15, 0.2) is 6.10 Å². The summed E-state index contributed by atoms with van der Waals surface area (Å²) in [6, 6.07) is 0. The highest BCUT2D eigenvalue weighted by Crippen LogP contribution is 2.36. The van der Waals surface area contributed by atoms with Crippen molar-refractivity contribution >= 4 is 19.8 Å². The van der Waals surface area contributed by atoms with Crippen molar-refractivity contribution in [3.05, 3.63) is 0 Å². The number of ether oxygens (including phenoxy) is 2. The van der Waals surface area contributed by atoms with Crippen LogP contribution in [0, 0.1) is 5.92 Å². The largest absolute Gasteiger partial charge is 0.469 e. The Balaban J connectivity index is 3.84. The second-order valence-electron chi connectivity index (χ2n) is 14.6. The first kappa shape index (κ1) is 48.0. The lowest BCUT2D eigenvalue weighted by Gasteiger charge is -2.18. The van der Waals surface area contributed by atoms with Crippen LogP contribution in [0.4, 0.5) is 0 Å². The van der Waals surface area contributed by atoms with E-state index in [0.717, 1.165) is 44.4 Å². The van der Waals surface area contributed by atoms with E-state index in [0.29, 0.717) is 6.42 Å². The Kier molecular flexibility index (Phi) is 34.8. The fraction of sp³-hybridized carbons (Fsp3) is 0.950. The molecule has 0 aromatic carbocycles. The molecule has 0 aromatic heterocycles. The zero-order valence-corrected chi connectivity index (χ0v) is 33.2. The zero-order chi connectivity index (χ0) is 36.3. The molecule has 0 aliphatic carbocycles. The Morgan fingerprint density at radius 3 is 1.29 bits per heavy atom. The van der Waals surface area contributed by atoms with Gasteiger partial charge in [-0.1, -0.05) is 194 Å². The molecule has 0 aliphatic heterocycles. The number of carbonyl (C=O) groups is 2. The molecule has 49 heavy (non-hydrogen) atoms. The number of hydrogen-bond donors (Lipinski definition) is 2. The van der Waals surface area contributed by atoms with Crippen molar-refractivity contribution in [1.29, 1.82) is 0 Å². The monoisotopic (exact) mass is 719 g/mol. The summed E-state index contributed by atoms with van der Waals surface area (Å²) in [5, 5.41) is 0. The second kappa shape index (κ2) is 35.5. The van der Waals surface area contributed by atoms with Crippen molar-refractivity contribution in [3.63, 3.8) is 0 Å². The molecule has 292 valence electrons. The SMILES string of the molecule is CCCCCCCCCCCCCCCCCCCCCC(=O)OC[C@H](COP(=O)(O)O)OC(=O)CCCCCCCCCCC(C)CC. The molecule has 2 atom stereocenters. The van der Waals surface area contributed by atoms with E-state index >= 15 is 0 Å². The van der Waals surface area contributed by atoms with Crippen LogP contribution in [0.1, 0.15) is 220 Å². The van der Waals surface area contributed by atoms with Gasteiger partial charge in [-0.3, -0.25) is 14.1 Å². The Morgan fingerprint density at radius 2 is 0.898 bits per heavy atom. The highest BCUT2D eigenvalue weighted by atomic mass is 31.2. The summed E-state index contributed by atoms with van der Waals surface area (Å²) in [7, 11) is -4.74. The predicted octanol–water partition coefficient (Wildman–Crippen LogP) is 12.3. The fourth-order valence-corrected chi connectivity index (χ4v) is 6.53. The first-order valence-electron chi connectivity index (χ1n) is 20.7. The normalized spacial score (nSPS) is 13.0. The van der Waals surface area contributed by atoms with Crippen molar-refractivity contribution < 1.29 is 37.9 Å². The number of esters is 2. The number of phosphoric ester groups is 1. The third kappa shape index (κ3) is 38.1. The van der Waals surface area contributed by atoms with Crippen LogP contribution in [-0.2, 0) is 28.2 Å². The summed E-state index contributed by atoms with van der Waals surface area (Å²) >= 11 is 0. The summed E-state index contributed by atoms with van der Waals surface area (Å²) in [5.41, 5.74) is 0. The van der Waals surface area contributed by atoms with E-state index in [-0.39, 0.29) is 19.4 Å². The van der Waals surface area contributed by atoms with Crippen LogP contribution in [0.15, 0.2) is 0 Å². The minimum atomic E-state index is -4.74. The van der Waals surface area contributed by atoms with Crippen LogP contribution in [0.3, 0.4) is 0 Å². The second-order valence-corrected chi connectivity index (χ2v) is 15.8. The zero-order valence-electron chi connectivity index (χ0n) is 32.3. The molecule has 0 spiro atoms. The molecule has 0 amide bonds. The standard InChI is InChI=1S/C40H79O8P/c1-4-6-7-8-9-10-11-12-13-14-15-16-17-18-19-20-24-27-30-33-39(41)46-35-38(36-47-49(43,44)45)48-40(42)34-31-28-25-22-21-23-26-29-32-37(3)5-2/h37-38H,4-36H2,1-3H3,(H2,43,44,45)/t37?,38-/m1/s1. The maximum absolute atomic E-state index is 12.4. The van der Waals surface area contributed by atoms with Crippen molar-refractivity contribution in [1.82, 2.24) is 0 Å². The van der Waals surface area contributed by atoms with Gasteiger partial charge in [0, 0.05) is 12.8 Å². The average molecular weight is 719 g/mol. The molecule has 0 saturated heterocycles. The third-order valence-electron chi connectivity index (χ3n) is 9.67. The quantitative estimate of drug-likeness (QED) is 0.0368. The number of unbranched alkanes of at least 4 members (excludes halogenated alkanes) is 25. The smallest absolute Gasteiger partial charge is 0.462 e. The van der Waals surface area contributed by atoms with Crippen LogP contribution in [0.25, 0.3) is 0 Å². The molecule has 9 heteroatoms. The average Bonchev–Trinajstić information content (AvgIpc) is 3.07. The van der Waals surface area contributed by atoms with Gasteiger partial charge in [0.25, 0.3) is 0 Å². The minimum Gasteiger partial charge on any atom is -0.462 e. The molecular formula is C40H79O8P. The van der Waals surface area contributed by atoms with Gasteiger partial charge in [-0.2, -0.15) is 0 Å². The lowest BCUT2D eigenvalue weighted by atomic mass is 9.99. The van der Waals surface area contributed by atoms with Crippen LogP contribution >= 0.6 is 7.82 Å². The van der Waals surface area contributed by atoms with E-state index in [1.165, 1.54) is 141 Å². The van der Waals surface area contributed by atoms with Gasteiger partial charge < -0.3 is 19.3 Å². The highest BCUT2D eigenvalue weighted by Gasteiger charge is 2.23. The van der Waals surface area contributed by atoms with Crippen LogP contribution in [-0.4, -0.2) is 41.0 Å². The highest BCUT2D eigenvalue weighted by molar-refractivity contribution is 7.46. The van der Waals surface area contributed by atoms with Crippen molar-refractivity contribution in [3.8, 4) is 0 Å². The van der Waals surface area contributed by atoms with E-state index in [4.69, 9.17) is 19.3 Å². The minimum absolute atomic E-state index is 0.217. The van der Waals surface area contributed by atoms with E-state index in [1.807, 2.05) is 0 Å². The maximum atomic E-state index is 12.4. The Bertz CT molecular complexity index is 786. The van der Waals surface area contributed by atoms with Gasteiger partial charge in [-0.25, -0.2) is 4.57 Å². The van der Waals surface area contributed by atoms with Gasteiger partial charge in [0.1, 0.15) is 6.61 Å². The summed E-state index contributed by atoms with van der Waals surface area (Å²) in [5.74, 6) is -0.0498. The fourth-order valence-electron chi connectivity index (χ4n) is 6.17. The van der Waals surface area contributed by atoms with Crippen LogP contribution in [0.5, 0.6) is 0 Å². The molecule has 0 saturated carbocycles. The van der Waals surface area contributed by atoms with E-state index in [1.54, 1.807) is 0 Å². The Morgan fingerprint density at radius 1 is 0.531 bits per heavy atom. The molecule has 2 N–H and O–H groups in total.